The first-order chi connectivity index (χ1) is 6.00. The summed E-state index contributed by atoms with van der Waals surface area (Å²) in [6.07, 6.45) is 0. The minimum Gasteiger partial charge on any atom is -0.508 e. The van der Waals surface area contributed by atoms with E-state index >= 15 is 0 Å². The molecule has 10 heavy (non-hydrogen) atoms. The van der Waals surface area contributed by atoms with E-state index in [1.54, 1.807) is 0 Å². The van der Waals surface area contributed by atoms with Gasteiger partial charge in [0.1, 0.15) is 11.6 Å². The fraction of sp³-hybridized carbons (Fsp3) is 0. The van der Waals surface area contributed by atoms with E-state index in [1.165, 1.54) is 6.07 Å². The molecule has 50 valence electrons. The van der Waals surface area contributed by atoms with Gasteiger partial charge in [-0.05, 0) is 12.1 Å². The predicted octanol–water partition coefficient (Wildman–Crippen LogP) is 1.40. The largest absolute Gasteiger partial charge is 0.508 e. The summed E-state index contributed by atoms with van der Waals surface area (Å²) in [6, 6.07) is -1.01. The first-order valence-corrected chi connectivity index (χ1v) is 2.39. The van der Waals surface area contributed by atoms with Crippen molar-refractivity contribution in [3.8, 4) is 11.8 Å². The van der Waals surface area contributed by atoms with Gasteiger partial charge in [0.15, 0.2) is 0 Å². The zero-order valence-electron chi connectivity index (χ0n) is 7.77. The second kappa shape index (κ2) is 2.36. The normalized spacial score (nSPS) is 13.0. The number of benzene rings is 1. The maximum atomic E-state index is 12.8. The molecule has 0 unspecified atom stereocenters. The van der Waals surface area contributed by atoms with Crippen molar-refractivity contribution in [1.82, 2.24) is 0 Å². The standard InChI is InChI=1S/C7H4FNO/c8-6-1-5(4-9)2-7(10)3-6/h1-3,10H/i1D,2D,3D. The van der Waals surface area contributed by atoms with Crippen molar-refractivity contribution in [2.24, 2.45) is 0 Å². The van der Waals surface area contributed by atoms with Crippen LogP contribution in [0.3, 0.4) is 0 Å². The zero-order valence-corrected chi connectivity index (χ0v) is 4.77. The number of halogens is 1. The van der Waals surface area contributed by atoms with Crippen LogP contribution in [-0.4, -0.2) is 5.11 Å². The van der Waals surface area contributed by atoms with Gasteiger partial charge in [0.2, 0.25) is 0 Å². The molecular formula is C7H4FNO. The van der Waals surface area contributed by atoms with Gasteiger partial charge in [0.25, 0.3) is 0 Å². The molecule has 0 radical (unpaired) electrons. The van der Waals surface area contributed by atoms with Gasteiger partial charge in [0, 0.05) is 6.04 Å². The molecule has 0 amide bonds. The number of phenolic OH excluding ortho intramolecular Hbond substituents is 1. The van der Waals surface area contributed by atoms with Gasteiger partial charge in [0.05, 0.1) is 15.7 Å². The molecule has 0 heterocycles. The quantitative estimate of drug-likeness (QED) is 0.592. The smallest absolute Gasteiger partial charge is 0.128 e. The van der Waals surface area contributed by atoms with Crippen LogP contribution in [0.2, 0.25) is 0 Å². The summed E-state index contributed by atoms with van der Waals surface area (Å²) in [5.41, 5.74) is -0.564. The Morgan fingerprint density at radius 2 is 2.30 bits per heavy atom. The first-order valence-electron chi connectivity index (χ1n) is 3.89. The molecule has 2 nitrogen and oxygen atoms in total. The lowest BCUT2D eigenvalue weighted by molar-refractivity contribution is 0.469. The summed E-state index contributed by atoms with van der Waals surface area (Å²) in [5, 5.41) is 17.4. The Hall–Kier alpha value is -1.56. The summed E-state index contributed by atoms with van der Waals surface area (Å²) < 4.78 is 33.9. The summed E-state index contributed by atoms with van der Waals surface area (Å²) in [6.45, 7) is 0. The SMILES string of the molecule is [2H]c1c(O)c([2H])c(C#N)c([2H])c1F. The van der Waals surface area contributed by atoms with Crippen molar-refractivity contribution in [2.75, 3.05) is 0 Å². The molecule has 0 aliphatic heterocycles. The number of hydrogen-bond acceptors (Lipinski definition) is 2. The average molecular weight is 140 g/mol. The van der Waals surface area contributed by atoms with Crippen LogP contribution in [0.25, 0.3) is 0 Å². The van der Waals surface area contributed by atoms with Crippen molar-refractivity contribution in [1.29, 1.82) is 5.26 Å². The summed E-state index contributed by atoms with van der Waals surface area (Å²) in [5.74, 6) is -2.20. The van der Waals surface area contributed by atoms with E-state index in [-0.39, 0.29) is 0 Å². The Balaban J connectivity index is 3.69. The number of aromatic hydroxyl groups is 1. The van der Waals surface area contributed by atoms with Crippen LogP contribution in [0.5, 0.6) is 5.75 Å². The summed E-state index contributed by atoms with van der Waals surface area (Å²) in [7, 11) is 0. The third-order valence-electron chi connectivity index (χ3n) is 0.818. The number of rotatable bonds is 0. The lowest BCUT2D eigenvalue weighted by Gasteiger charge is -1.91. The van der Waals surface area contributed by atoms with Gasteiger partial charge in [-0.25, -0.2) is 4.39 Å². The van der Waals surface area contributed by atoms with Gasteiger partial charge in [-0.3, -0.25) is 0 Å². The molecule has 1 aromatic carbocycles. The molecule has 0 aromatic heterocycles. The Morgan fingerprint density at radius 1 is 1.60 bits per heavy atom. The number of hydrogen-bond donors (Lipinski definition) is 1. The predicted molar refractivity (Wildman–Crippen MR) is 32.8 cm³/mol. The van der Waals surface area contributed by atoms with Gasteiger partial charge in [-0.1, -0.05) is 0 Å². The molecule has 1 rings (SSSR count). The van der Waals surface area contributed by atoms with E-state index in [4.69, 9.17) is 14.5 Å². The van der Waals surface area contributed by atoms with Crippen molar-refractivity contribution in [2.45, 2.75) is 0 Å². The second-order valence-electron chi connectivity index (χ2n) is 1.52. The highest BCUT2D eigenvalue weighted by atomic mass is 19.1. The Bertz CT molecular complexity index is 384. The molecule has 0 spiro atoms. The summed E-state index contributed by atoms with van der Waals surface area (Å²) >= 11 is 0. The third-order valence-corrected chi connectivity index (χ3v) is 0.818. The summed E-state index contributed by atoms with van der Waals surface area (Å²) in [4.78, 5) is 0. The fourth-order valence-electron chi connectivity index (χ4n) is 0.482. The Kier molecular flexibility index (Phi) is 0.842. The maximum Gasteiger partial charge on any atom is 0.128 e. The molecule has 0 bridgehead atoms. The van der Waals surface area contributed by atoms with E-state index < -0.39 is 35.3 Å². The van der Waals surface area contributed by atoms with Crippen LogP contribution in [-0.2, 0) is 0 Å². The van der Waals surface area contributed by atoms with Crippen molar-refractivity contribution >= 4 is 0 Å². The van der Waals surface area contributed by atoms with Gasteiger partial charge in [-0.15, -0.1) is 0 Å². The molecule has 3 heteroatoms. The topological polar surface area (TPSA) is 44.0 Å². The van der Waals surface area contributed by atoms with Gasteiger partial charge in [-0.2, -0.15) is 5.26 Å². The lowest BCUT2D eigenvalue weighted by Crippen LogP contribution is -1.77. The van der Waals surface area contributed by atoms with Crippen molar-refractivity contribution in [3.05, 3.63) is 29.5 Å². The maximum absolute atomic E-state index is 12.8. The fourth-order valence-corrected chi connectivity index (χ4v) is 0.482. The molecule has 0 saturated carbocycles. The van der Waals surface area contributed by atoms with Gasteiger partial charge < -0.3 is 5.11 Å². The molecule has 0 atom stereocenters. The molecule has 0 saturated heterocycles. The number of phenols is 1. The minimum absolute atomic E-state index is 0.564. The molecular weight excluding hydrogens is 133 g/mol. The Labute approximate surface area is 61.4 Å². The number of nitrogens with zero attached hydrogens (tertiary/aromatic N) is 1. The minimum atomic E-state index is -1.29. The van der Waals surface area contributed by atoms with E-state index in [9.17, 15) is 4.39 Å². The second-order valence-corrected chi connectivity index (χ2v) is 1.52. The highest BCUT2D eigenvalue weighted by Crippen LogP contribution is 2.12. The van der Waals surface area contributed by atoms with Crippen LogP contribution in [0.4, 0.5) is 4.39 Å². The number of nitriles is 1. The van der Waals surface area contributed by atoms with Crippen LogP contribution < -0.4 is 0 Å². The van der Waals surface area contributed by atoms with Crippen LogP contribution in [0.15, 0.2) is 18.1 Å². The molecule has 0 aliphatic carbocycles. The highest BCUT2D eigenvalue weighted by molar-refractivity contribution is 5.36. The van der Waals surface area contributed by atoms with Gasteiger partial charge >= 0.3 is 0 Å². The highest BCUT2D eigenvalue weighted by Gasteiger charge is 1.96. The van der Waals surface area contributed by atoms with Crippen LogP contribution in [0.1, 0.15) is 9.68 Å². The monoisotopic (exact) mass is 140 g/mol. The van der Waals surface area contributed by atoms with Crippen LogP contribution >= 0.6 is 0 Å². The Morgan fingerprint density at radius 3 is 2.90 bits per heavy atom. The molecule has 0 fully saturated rings. The van der Waals surface area contributed by atoms with Crippen molar-refractivity contribution in [3.63, 3.8) is 0 Å². The third kappa shape index (κ3) is 1.23. The first kappa shape index (κ1) is 3.57. The zero-order chi connectivity index (χ0) is 10.2. The van der Waals surface area contributed by atoms with E-state index in [1.807, 2.05) is 0 Å². The van der Waals surface area contributed by atoms with Crippen LogP contribution in [0, 0.1) is 17.1 Å². The molecule has 0 aliphatic rings. The molecule has 1 N–H and O–H groups in total. The average Bonchev–Trinajstić information content (AvgIpc) is 2.13. The van der Waals surface area contributed by atoms with Crippen molar-refractivity contribution < 1.29 is 13.6 Å². The van der Waals surface area contributed by atoms with E-state index in [2.05, 4.69) is 0 Å². The lowest BCUT2D eigenvalue weighted by atomic mass is 10.2. The van der Waals surface area contributed by atoms with E-state index in [0.29, 0.717) is 0 Å². The molecule has 1 aromatic rings. The van der Waals surface area contributed by atoms with E-state index in [0.717, 1.165) is 0 Å².